The predicted molar refractivity (Wildman–Crippen MR) is 144 cm³/mol. The fraction of sp³-hybridized carbons (Fsp3) is 0.226. The second-order valence-electron chi connectivity index (χ2n) is 10.8. The van der Waals surface area contributed by atoms with Crippen LogP contribution in [0.15, 0.2) is 72.8 Å². The standard InChI is InChI=1S/C31H27BF3N/c1-18-6-11-22(12-7-18)36-26-14-8-19(2)16-25(26)32-24-13-10-21(31(33,34)35)17-23(24)30(4,5)28-20(3)9-15-27(36)29(28)32/h6-17H,1-5H3. The van der Waals surface area contributed by atoms with Crippen LogP contribution in [-0.4, -0.2) is 6.71 Å². The summed E-state index contributed by atoms with van der Waals surface area (Å²) in [5, 5.41) is 0. The van der Waals surface area contributed by atoms with Gasteiger partial charge in [-0.1, -0.05) is 72.9 Å². The SMILES string of the molecule is Cc1ccc(N2c3ccc(C)cc3B3c4ccc(C(F)(F)F)cc4C(C)(C)c4c(C)ccc2c43)cc1. The quantitative estimate of drug-likeness (QED) is 0.245. The number of aryl methyl sites for hydroxylation is 3. The van der Waals surface area contributed by atoms with Crippen molar-refractivity contribution in [3.63, 3.8) is 0 Å². The molecule has 0 aliphatic carbocycles. The molecule has 6 rings (SSSR count). The summed E-state index contributed by atoms with van der Waals surface area (Å²) in [4.78, 5) is 2.31. The minimum atomic E-state index is -4.38. The molecule has 1 nitrogen and oxygen atoms in total. The van der Waals surface area contributed by atoms with E-state index in [9.17, 15) is 13.2 Å². The molecule has 2 heterocycles. The van der Waals surface area contributed by atoms with Crippen molar-refractivity contribution in [3.05, 3.63) is 106 Å². The fourth-order valence-electron chi connectivity index (χ4n) is 6.38. The van der Waals surface area contributed by atoms with Gasteiger partial charge in [0.25, 0.3) is 0 Å². The monoisotopic (exact) mass is 481 g/mol. The van der Waals surface area contributed by atoms with Gasteiger partial charge in [0, 0.05) is 22.5 Å². The maximum absolute atomic E-state index is 13.8. The second-order valence-corrected chi connectivity index (χ2v) is 10.8. The van der Waals surface area contributed by atoms with Crippen molar-refractivity contribution < 1.29 is 13.2 Å². The van der Waals surface area contributed by atoms with E-state index in [4.69, 9.17) is 0 Å². The average Bonchev–Trinajstić information content (AvgIpc) is 2.82. The molecule has 2 aliphatic rings. The molecule has 4 aromatic carbocycles. The van der Waals surface area contributed by atoms with Gasteiger partial charge >= 0.3 is 6.18 Å². The van der Waals surface area contributed by atoms with Crippen LogP contribution in [0.2, 0.25) is 0 Å². The molecule has 180 valence electrons. The van der Waals surface area contributed by atoms with Crippen molar-refractivity contribution in [1.29, 1.82) is 0 Å². The third-order valence-corrected chi connectivity index (χ3v) is 7.98. The zero-order chi connectivity index (χ0) is 25.6. The molecule has 36 heavy (non-hydrogen) atoms. The van der Waals surface area contributed by atoms with Crippen LogP contribution in [0, 0.1) is 20.8 Å². The highest BCUT2D eigenvalue weighted by molar-refractivity contribution is 6.99. The molecule has 5 heteroatoms. The fourth-order valence-corrected chi connectivity index (χ4v) is 6.38. The highest BCUT2D eigenvalue weighted by atomic mass is 19.4. The van der Waals surface area contributed by atoms with E-state index in [1.165, 1.54) is 23.2 Å². The number of benzene rings is 4. The number of hydrogen-bond acceptors (Lipinski definition) is 1. The number of nitrogens with zero attached hydrogens (tertiary/aromatic N) is 1. The number of anilines is 3. The molecule has 0 saturated heterocycles. The van der Waals surface area contributed by atoms with E-state index in [1.54, 1.807) is 6.07 Å². The topological polar surface area (TPSA) is 3.24 Å². The van der Waals surface area contributed by atoms with E-state index in [-0.39, 0.29) is 6.71 Å². The molecule has 4 aromatic rings. The highest BCUT2D eigenvalue weighted by Gasteiger charge is 2.47. The first-order chi connectivity index (χ1) is 17.0. The molecule has 0 amide bonds. The number of rotatable bonds is 1. The summed E-state index contributed by atoms with van der Waals surface area (Å²) in [7, 11) is 0. The van der Waals surface area contributed by atoms with Gasteiger partial charge in [0.05, 0.1) is 5.56 Å². The number of hydrogen-bond donors (Lipinski definition) is 0. The number of halogens is 3. The largest absolute Gasteiger partial charge is 0.416 e. The van der Waals surface area contributed by atoms with Gasteiger partial charge in [0.15, 0.2) is 0 Å². The molecule has 0 aromatic heterocycles. The van der Waals surface area contributed by atoms with E-state index in [0.29, 0.717) is 0 Å². The summed E-state index contributed by atoms with van der Waals surface area (Å²) in [5.74, 6) is 0. The minimum absolute atomic E-state index is 0.128. The Bertz CT molecular complexity index is 1530. The summed E-state index contributed by atoms with van der Waals surface area (Å²) in [6.45, 7) is 10.2. The van der Waals surface area contributed by atoms with Gasteiger partial charge in [0.2, 0.25) is 6.71 Å². The maximum Gasteiger partial charge on any atom is 0.416 e. The molecule has 0 fully saturated rings. The van der Waals surface area contributed by atoms with Crippen LogP contribution in [0.5, 0.6) is 0 Å². The van der Waals surface area contributed by atoms with E-state index in [2.05, 4.69) is 94.1 Å². The molecule has 0 N–H and O–H groups in total. The Kier molecular flexibility index (Phi) is 4.80. The number of fused-ring (bicyclic) bond motifs is 4. The Morgan fingerprint density at radius 1 is 0.722 bits per heavy atom. The molecule has 0 spiro atoms. The van der Waals surface area contributed by atoms with Gasteiger partial charge in [0.1, 0.15) is 0 Å². The van der Waals surface area contributed by atoms with Crippen molar-refractivity contribution in [2.75, 3.05) is 4.90 Å². The number of alkyl halides is 3. The Hall–Kier alpha value is -3.47. The normalized spacial score (nSPS) is 15.3. The third kappa shape index (κ3) is 3.18. The third-order valence-electron chi connectivity index (χ3n) is 7.98. The molecule has 0 atom stereocenters. The summed E-state index contributed by atoms with van der Waals surface area (Å²) in [5.41, 5.74) is 10.7. The molecule has 2 aliphatic heterocycles. The van der Waals surface area contributed by atoms with Gasteiger partial charge in [-0.05, 0) is 78.7 Å². The van der Waals surface area contributed by atoms with E-state index in [1.807, 2.05) is 0 Å². The molecule has 0 saturated carbocycles. The van der Waals surface area contributed by atoms with Crippen LogP contribution in [0.4, 0.5) is 30.2 Å². The zero-order valence-corrected chi connectivity index (χ0v) is 21.1. The highest BCUT2D eigenvalue weighted by Crippen LogP contribution is 2.44. The average molecular weight is 481 g/mol. The molecule has 0 radical (unpaired) electrons. The van der Waals surface area contributed by atoms with Gasteiger partial charge in [-0.3, -0.25) is 0 Å². The second kappa shape index (κ2) is 7.52. The van der Waals surface area contributed by atoms with Gasteiger partial charge in [-0.2, -0.15) is 13.2 Å². The van der Waals surface area contributed by atoms with Crippen LogP contribution < -0.4 is 21.3 Å². The summed E-state index contributed by atoms with van der Waals surface area (Å²) in [6.07, 6.45) is -4.38. The smallest absolute Gasteiger partial charge is 0.312 e. The first kappa shape index (κ1) is 23.0. The summed E-state index contributed by atoms with van der Waals surface area (Å²) < 4.78 is 41.4. The van der Waals surface area contributed by atoms with Crippen molar-refractivity contribution in [2.45, 2.75) is 46.2 Å². The lowest BCUT2D eigenvalue weighted by Crippen LogP contribution is -2.64. The van der Waals surface area contributed by atoms with Crippen LogP contribution in [0.1, 0.15) is 47.2 Å². The van der Waals surface area contributed by atoms with Crippen molar-refractivity contribution in [2.24, 2.45) is 0 Å². The predicted octanol–water partition coefficient (Wildman–Crippen LogP) is 6.57. The molecule has 0 bridgehead atoms. The van der Waals surface area contributed by atoms with Gasteiger partial charge in [-0.15, -0.1) is 0 Å². The Morgan fingerprint density at radius 2 is 1.39 bits per heavy atom. The lowest BCUT2D eigenvalue weighted by atomic mass is 9.30. The molecular formula is C31H27BF3N. The Balaban J connectivity index is 1.72. The first-order valence-electron chi connectivity index (χ1n) is 12.3. The van der Waals surface area contributed by atoms with Crippen molar-refractivity contribution in [1.82, 2.24) is 0 Å². The van der Waals surface area contributed by atoms with Crippen LogP contribution in [0.3, 0.4) is 0 Å². The minimum Gasteiger partial charge on any atom is -0.312 e. The lowest BCUT2D eigenvalue weighted by molar-refractivity contribution is -0.137. The lowest BCUT2D eigenvalue weighted by Gasteiger charge is -2.46. The summed E-state index contributed by atoms with van der Waals surface area (Å²) >= 11 is 0. The van der Waals surface area contributed by atoms with Crippen molar-refractivity contribution >= 4 is 40.2 Å². The molecular weight excluding hydrogens is 454 g/mol. The van der Waals surface area contributed by atoms with Crippen LogP contribution >= 0.6 is 0 Å². The van der Waals surface area contributed by atoms with Crippen LogP contribution in [0.25, 0.3) is 0 Å². The van der Waals surface area contributed by atoms with E-state index in [0.717, 1.165) is 50.2 Å². The Labute approximate surface area is 210 Å². The van der Waals surface area contributed by atoms with Gasteiger partial charge in [-0.25, -0.2) is 0 Å². The Morgan fingerprint density at radius 3 is 2.08 bits per heavy atom. The van der Waals surface area contributed by atoms with Crippen LogP contribution in [-0.2, 0) is 11.6 Å². The van der Waals surface area contributed by atoms with E-state index >= 15 is 0 Å². The zero-order valence-electron chi connectivity index (χ0n) is 21.1. The van der Waals surface area contributed by atoms with Gasteiger partial charge < -0.3 is 4.90 Å². The van der Waals surface area contributed by atoms with E-state index < -0.39 is 17.2 Å². The molecule has 0 unspecified atom stereocenters. The maximum atomic E-state index is 13.8. The first-order valence-corrected chi connectivity index (χ1v) is 12.3. The van der Waals surface area contributed by atoms with Crippen molar-refractivity contribution in [3.8, 4) is 0 Å². The summed E-state index contributed by atoms with van der Waals surface area (Å²) in [6, 6.07) is 23.6.